The summed E-state index contributed by atoms with van der Waals surface area (Å²) in [6.07, 6.45) is 0. The van der Waals surface area contributed by atoms with E-state index in [1.54, 1.807) is 11.4 Å². The molecule has 0 atom stereocenters. The first-order chi connectivity index (χ1) is 4.79. The van der Waals surface area contributed by atoms with Crippen molar-refractivity contribution in [3.63, 3.8) is 0 Å². The van der Waals surface area contributed by atoms with Crippen LogP contribution in [0.25, 0.3) is 0 Å². The Labute approximate surface area is 111 Å². The van der Waals surface area contributed by atoms with Gasteiger partial charge in [0.05, 0.1) is 0 Å². The molecule has 11 heavy (non-hydrogen) atoms. The Balaban J connectivity index is 0.000001000. The third-order valence-electron chi connectivity index (χ3n) is 0.750. The molecule has 0 unspecified atom stereocenters. The summed E-state index contributed by atoms with van der Waals surface area (Å²) in [4.78, 5) is 19.0. The molecule has 0 N–H and O–H groups in total. The van der Waals surface area contributed by atoms with Gasteiger partial charge >= 0.3 is 57.4 Å². The van der Waals surface area contributed by atoms with Crippen LogP contribution in [-0.2, 0) is 9.68 Å². The molecule has 0 aliphatic heterocycles. The van der Waals surface area contributed by atoms with Gasteiger partial charge in [0.15, 0.2) is 5.75 Å². The third kappa shape index (κ3) is 4.94. The van der Waals surface area contributed by atoms with Crippen molar-refractivity contribution in [3.8, 4) is 5.75 Å². The maximum atomic E-state index is 10.2. The van der Waals surface area contributed by atoms with Gasteiger partial charge < -0.3 is 0 Å². The number of thiophene rings is 1. The zero-order chi connectivity index (χ0) is 7.40. The summed E-state index contributed by atoms with van der Waals surface area (Å²) < 4.78 is 0. The van der Waals surface area contributed by atoms with E-state index in [0.717, 1.165) is 0 Å². The van der Waals surface area contributed by atoms with Crippen LogP contribution in [0.2, 0.25) is 0 Å². The molecule has 1 heterocycles. The summed E-state index contributed by atoms with van der Waals surface area (Å²) in [5.74, 6) is 0.103. The molecular weight excluding hydrogens is 191 g/mol. The molecule has 0 fully saturated rings. The molecule has 0 saturated heterocycles. The minimum absolute atomic E-state index is 0. The van der Waals surface area contributed by atoms with Gasteiger partial charge in [0.25, 0.3) is 0 Å². The normalized spacial score (nSPS) is 8.09. The van der Waals surface area contributed by atoms with Crippen molar-refractivity contribution < 1.29 is 66.0 Å². The molecule has 0 aliphatic rings. The second kappa shape index (κ2) is 6.16. The Morgan fingerprint density at radius 1 is 1.64 bits per heavy atom. The SMILES string of the molecule is CC(=O)OOc1ccsc1.[K+]. The number of hydrogen-bond acceptors (Lipinski definition) is 4. The summed E-state index contributed by atoms with van der Waals surface area (Å²) in [5.41, 5.74) is 0. The Bertz CT molecular complexity index is 210. The van der Waals surface area contributed by atoms with Crippen molar-refractivity contribution >= 4 is 17.3 Å². The van der Waals surface area contributed by atoms with Crippen LogP contribution >= 0.6 is 11.3 Å². The number of hydrogen-bond donors (Lipinski definition) is 0. The fourth-order valence-electron chi connectivity index (χ4n) is 0.406. The number of carbonyl (C=O) groups is 1. The molecule has 0 radical (unpaired) electrons. The summed E-state index contributed by atoms with van der Waals surface area (Å²) in [6.45, 7) is 1.28. The van der Waals surface area contributed by atoms with Crippen LogP contribution in [-0.4, -0.2) is 5.97 Å². The van der Waals surface area contributed by atoms with Crippen LogP contribution in [0.1, 0.15) is 6.92 Å². The van der Waals surface area contributed by atoms with Gasteiger partial charge in [-0.2, -0.15) is 0 Å². The monoisotopic (exact) mass is 197 g/mol. The number of rotatable bonds is 2. The molecule has 0 spiro atoms. The van der Waals surface area contributed by atoms with E-state index in [-0.39, 0.29) is 51.4 Å². The van der Waals surface area contributed by atoms with Crippen LogP contribution in [0.15, 0.2) is 16.8 Å². The van der Waals surface area contributed by atoms with Crippen molar-refractivity contribution in [1.82, 2.24) is 0 Å². The minimum atomic E-state index is -0.453. The van der Waals surface area contributed by atoms with Crippen molar-refractivity contribution in [1.29, 1.82) is 0 Å². The first kappa shape index (κ1) is 11.6. The van der Waals surface area contributed by atoms with E-state index in [1.165, 1.54) is 18.3 Å². The summed E-state index contributed by atoms with van der Waals surface area (Å²) >= 11 is 1.47. The quantitative estimate of drug-likeness (QED) is 0.333. The predicted molar refractivity (Wildman–Crippen MR) is 36.7 cm³/mol. The van der Waals surface area contributed by atoms with Gasteiger partial charge in [-0.1, -0.05) is 0 Å². The molecule has 0 aromatic carbocycles. The van der Waals surface area contributed by atoms with Gasteiger partial charge in [-0.15, -0.1) is 11.3 Å². The zero-order valence-corrected chi connectivity index (χ0v) is 10.3. The molecule has 0 bridgehead atoms. The third-order valence-corrected chi connectivity index (χ3v) is 1.41. The average molecular weight is 197 g/mol. The van der Waals surface area contributed by atoms with Gasteiger partial charge in [-0.05, 0) is 11.4 Å². The van der Waals surface area contributed by atoms with Crippen molar-refractivity contribution in [2.75, 3.05) is 0 Å². The molecule has 0 saturated carbocycles. The van der Waals surface area contributed by atoms with E-state index in [9.17, 15) is 4.79 Å². The minimum Gasteiger partial charge on any atom is -0.286 e. The molecule has 3 nitrogen and oxygen atoms in total. The van der Waals surface area contributed by atoms with Gasteiger partial charge in [-0.3, -0.25) is 9.78 Å². The molecule has 1 aromatic rings. The fraction of sp³-hybridized carbons (Fsp3) is 0.167. The molecule has 1 rings (SSSR count). The summed E-state index contributed by atoms with van der Waals surface area (Å²) in [7, 11) is 0. The first-order valence-electron chi connectivity index (χ1n) is 2.66. The van der Waals surface area contributed by atoms with E-state index in [4.69, 9.17) is 0 Å². The molecule has 0 aliphatic carbocycles. The van der Waals surface area contributed by atoms with E-state index in [1.807, 2.05) is 5.38 Å². The Morgan fingerprint density at radius 2 is 2.36 bits per heavy atom. The molecule has 1 aromatic heterocycles. The van der Waals surface area contributed by atoms with Crippen LogP contribution < -0.4 is 56.3 Å². The van der Waals surface area contributed by atoms with Gasteiger partial charge in [-0.25, -0.2) is 4.79 Å². The van der Waals surface area contributed by atoms with Gasteiger partial charge in [0.2, 0.25) is 0 Å². The van der Waals surface area contributed by atoms with Gasteiger partial charge in [0, 0.05) is 12.3 Å². The Hall–Kier alpha value is 0.606. The maximum Gasteiger partial charge on any atom is 1.00 e. The largest absolute Gasteiger partial charge is 1.00 e. The summed E-state index contributed by atoms with van der Waals surface area (Å²) in [5, 5.41) is 3.57. The summed E-state index contributed by atoms with van der Waals surface area (Å²) in [6, 6.07) is 1.72. The smallest absolute Gasteiger partial charge is 0.286 e. The van der Waals surface area contributed by atoms with Crippen LogP contribution in [0, 0.1) is 0 Å². The molecule has 54 valence electrons. The first-order valence-corrected chi connectivity index (χ1v) is 3.60. The van der Waals surface area contributed by atoms with Crippen molar-refractivity contribution in [3.05, 3.63) is 16.8 Å². The second-order valence-corrected chi connectivity index (χ2v) is 2.40. The number of carbonyl (C=O) groups excluding carboxylic acids is 1. The maximum absolute atomic E-state index is 10.2. The Kier molecular flexibility index (Phi) is 6.50. The topological polar surface area (TPSA) is 35.5 Å². The molecule has 0 amide bonds. The van der Waals surface area contributed by atoms with Crippen LogP contribution in [0.5, 0.6) is 5.75 Å². The van der Waals surface area contributed by atoms with Crippen LogP contribution in [0.3, 0.4) is 0 Å². The average Bonchev–Trinajstić information content (AvgIpc) is 2.34. The van der Waals surface area contributed by atoms with E-state index < -0.39 is 5.97 Å². The van der Waals surface area contributed by atoms with Gasteiger partial charge in [0.1, 0.15) is 0 Å². The van der Waals surface area contributed by atoms with E-state index in [2.05, 4.69) is 9.78 Å². The molecular formula is C6H6KO3S+. The zero-order valence-electron chi connectivity index (χ0n) is 6.37. The fourth-order valence-corrected chi connectivity index (χ4v) is 0.949. The Morgan fingerprint density at radius 3 is 2.82 bits per heavy atom. The van der Waals surface area contributed by atoms with E-state index >= 15 is 0 Å². The van der Waals surface area contributed by atoms with Crippen molar-refractivity contribution in [2.24, 2.45) is 0 Å². The standard InChI is InChI=1S/C6H6O3S.K/c1-5(7)8-9-6-2-3-10-4-6;/h2-4H,1H3;/q;+1. The molecule has 5 heteroatoms. The van der Waals surface area contributed by atoms with Crippen LogP contribution in [0.4, 0.5) is 0 Å². The van der Waals surface area contributed by atoms with Crippen molar-refractivity contribution in [2.45, 2.75) is 6.92 Å². The second-order valence-electron chi connectivity index (χ2n) is 1.62. The van der Waals surface area contributed by atoms with E-state index in [0.29, 0.717) is 5.75 Å². The predicted octanol–water partition coefficient (Wildman–Crippen LogP) is -1.39.